The van der Waals surface area contributed by atoms with Crippen molar-refractivity contribution in [2.75, 3.05) is 22.5 Å². The number of carbonyl (C=O) groups excluding carboxylic acids is 2. The van der Waals surface area contributed by atoms with E-state index >= 15 is 0 Å². The minimum Gasteiger partial charge on any atom is -0.325 e. The minimum atomic E-state index is -3.78. The SMILES string of the molecule is Cc1ccc(NC(=O)CCS(=O)(=O)c2cc(Br)cc3c2N(C(=O)C2CC2)CC3)c(Br)c1. The van der Waals surface area contributed by atoms with Crippen molar-refractivity contribution in [3.63, 3.8) is 0 Å². The minimum absolute atomic E-state index is 0.000475. The van der Waals surface area contributed by atoms with Gasteiger partial charge in [0.05, 0.1) is 22.0 Å². The van der Waals surface area contributed by atoms with Crippen molar-refractivity contribution in [2.45, 2.75) is 37.5 Å². The molecule has 0 atom stereocenters. The number of aryl methyl sites for hydroxylation is 1. The second-order valence-corrected chi connectivity index (χ2v) is 11.9. The lowest BCUT2D eigenvalue weighted by molar-refractivity contribution is -0.119. The zero-order chi connectivity index (χ0) is 22.3. The van der Waals surface area contributed by atoms with E-state index in [4.69, 9.17) is 0 Å². The number of nitrogens with one attached hydrogen (secondary N) is 1. The van der Waals surface area contributed by atoms with Crippen molar-refractivity contribution in [1.82, 2.24) is 0 Å². The molecule has 164 valence electrons. The molecule has 1 aliphatic carbocycles. The van der Waals surface area contributed by atoms with E-state index in [1.165, 1.54) is 0 Å². The number of nitrogens with zero attached hydrogens (tertiary/aromatic N) is 1. The van der Waals surface area contributed by atoms with Gasteiger partial charge in [0.15, 0.2) is 9.84 Å². The molecular weight excluding hydrogens is 548 g/mol. The molecule has 0 radical (unpaired) electrons. The van der Waals surface area contributed by atoms with E-state index in [1.54, 1.807) is 17.0 Å². The number of amides is 2. The summed E-state index contributed by atoms with van der Waals surface area (Å²) in [5.74, 6) is -0.717. The quantitative estimate of drug-likeness (QED) is 0.550. The smallest absolute Gasteiger partial charge is 0.230 e. The molecule has 2 aromatic rings. The molecule has 2 aromatic carbocycles. The largest absolute Gasteiger partial charge is 0.325 e. The molecule has 1 saturated carbocycles. The summed E-state index contributed by atoms with van der Waals surface area (Å²) in [6.45, 7) is 2.43. The summed E-state index contributed by atoms with van der Waals surface area (Å²) in [5, 5.41) is 2.75. The molecule has 31 heavy (non-hydrogen) atoms. The first-order valence-corrected chi connectivity index (χ1v) is 13.3. The first-order chi connectivity index (χ1) is 14.7. The van der Waals surface area contributed by atoms with E-state index in [2.05, 4.69) is 37.2 Å². The third-order valence-electron chi connectivity index (χ3n) is 5.52. The lowest BCUT2D eigenvalue weighted by Crippen LogP contribution is -2.31. The summed E-state index contributed by atoms with van der Waals surface area (Å²) < 4.78 is 27.8. The van der Waals surface area contributed by atoms with Crippen LogP contribution in [0.3, 0.4) is 0 Å². The van der Waals surface area contributed by atoms with Gasteiger partial charge in [-0.1, -0.05) is 22.0 Å². The number of carbonyl (C=O) groups is 2. The fraction of sp³-hybridized carbons (Fsp3) is 0.364. The van der Waals surface area contributed by atoms with E-state index < -0.39 is 9.84 Å². The Balaban J connectivity index is 1.54. The molecule has 0 unspecified atom stereocenters. The summed E-state index contributed by atoms with van der Waals surface area (Å²) in [4.78, 5) is 26.9. The van der Waals surface area contributed by atoms with Gasteiger partial charge in [-0.15, -0.1) is 0 Å². The van der Waals surface area contributed by atoms with Crippen LogP contribution in [0.5, 0.6) is 0 Å². The summed E-state index contributed by atoms with van der Waals surface area (Å²) in [6, 6.07) is 8.93. The lowest BCUT2D eigenvalue weighted by Gasteiger charge is -2.20. The zero-order valence-corrected chi connectivity index (χ0v) is 20.9. The van der Waals surface area contributed by atoms with Gasteiger partial charge in [0.1, 0.15) is 0 Å². The summed E-state index contributed by atoms with van der Waals surface area (Å²) in [5.41, 5.74) is 2.97. The van der Waals surface area contributed by atoms with Crippen LogP contribution in [0.2, 0.25) is 0 Å². The van der Waals surface area contributed by atoms with Gasteiger partial charge >= 0.3 is 0 Å². The highest BCUT2D eigenvalue weighted by molar-refractivity contribution is 9.10. The highest BCUT2D eigenvalue weighted by Crippen LogP contribution is 2.41. The Morgan fingerprint density at radius 3 is 2.58 bits per heavy atom. The number of anilines is 2. The van der Waals surface area contributed by atoms with Crippen LogP contribution in [0.4, 0.5) is 11.4 Å². The van der Waals surface area contributed by atoms with Crippen molar-refractivity contribution in [1.29, 1.82) is 0 Å². The first kappa shape index (κ1) is 22.5. The number of hydrogen-bond donors (Lipinski definition) is 1. The molecule has 1 heterocycles. The predicted molar refractivity (Wildman–Crippen MR) is 127 cm³/mol. The van der Waals surface area contributed by atoms with E-state index in [1.807, 2.05) is 25.1 Å². The molecule has 1 N–H and O–H groups in total. The van der Waals surface area contributed by atoms with Crippen LogP contribution in [0, 0.1) is 12.8 Å². The highest BCUT2D eigenvalue weighted by atomic mass is 79.9. The van der Waals surface area contributed by atoms with Gasteiger partial charge < -0.3 is 10.2 Å². The van der Waals surface area contributed by atoms with Crippen LogP contribution in [0.25, 0.3) is 0 Å². The van der Waals surface area contributed by atoms with Crippen molar-refractivity contribution in [3.05, 3.63) is 50.4 Å². The van der Waals surface area contributed by atoms with Crippen LogP contribution in [0.1, 0.15) is 30.4 Å². The third-order valence-corrected chi connectivity index (χ3v) is 8.35. The van der Waals surface area contributed by atoms with E-state index in [0.717, 1.165) is 28.4 Å². The number of hydrogen-bond acceptors (Lipinski definition) is 4. The molecule has 0 spiro atoms. The van der Waals surface area contributed by atoms with Crippen LogP contribution in [-0.2, 0) is 25.8 Å². The Labute approximate surface area is 198 Å². The second kappa shape index (κ2) is 8.67. The van der Waals surface area contributed by atoms with Crippen molar-refractivity contribution in [3.8, 4) is 0 Å². The van der Waals surface area contributed by atoms with Gasteiger partial charge in [0.25, 0.3) is 0 Å². The van der Waals surface area contributed by atoms with E-state index in [0.29, 0.717) is 28.8 Å². The number of rotatable bonds is 6. The Morgan fingerprint density at radius 2 is 1.90 bits per heavy atom. The Bertz CT molecular complexity index is 1180. The maximum Gasteiger partial charge on any atom is 0.230 e. The molecule has 6 nitrogen and oxygen atoms in total. The summed E-state index contributed by atoms with van der Waals surface area (Å²) in [7, 11) is -3.78. The van der Waals surface area contributed by atoms with E-state index in [-0.39, 0.29) is 34.8 Å². The monoisotopic (exact) mass is 568 g/mol. The molecule has 1 fully saturated rings. The predicted octanol–water partition coefficient (Wildman–Crippen LogP) is 4.62. The zero-order valence-electron chi connectivity index (χ0n) is 17.0. The van der Waals surface area contributed by atoms with Crippen LogP contribution >= 0.6 is 31.9 Å². The number of halogens is 2. The second-order valence-electron chi connectivity index (χ2n) is 8.03. The van der Waals surface area contributed by atoms with Crippen LogP contribution < -0.4 is 10.2 Å². The Kier molecular flexibility index (Phi) is 6.29. The van der Waals surface area contributed by atoms with Crippen LogP contribution in [0.15, 0.2) is 44.2 Å². The number of fused-ring (bicyclic) bond motifs is 1. The van der Waals surface area contributed by atoms with Crippen molar-refractivity contribution >= 4 is 64.9 Å². The average Bonchev–Trinajstić information content (AvgIpc) is 3.47. The molecular formula is C22H22Br2N2O4S. The fourth-order valence-corrected chi connectivity index (χ4v) is 6.51. The molecule has 9 heteroatoms. The van der Waals surface area contributed by atoms with Gasteiger partial charge in [-0.2, -0.15) is 0 Å². The van der Waals surface area contributed by atoms with Gasteiger partial charge in [-0.25, -0.2) is 8.42 Å². The van der Waals surface area contributed by atoms with Crippen molar-refractivity contribution < 1.29 is 18.0 Å². The number of benzene rings is 2. The molecule has 0 aromatic heterocycles. The van der Waals surface area contributed by atoms with Crippen LogP contribution in [-0.4, -0.2) is 32.5 Å². The average molecular weight is 570 g/mol. The third kappa shape index (κ3) is 4.88. The molecule has 0 saturated heterocycles. The molecule has 2 amide bonds. The Hall–Kier alpha value is -1.71. The highest BCUT2D eigenvalue weighted by Gasteiger charge is 2.39. The number of sulfone groups is 1. The van der Waals surface area contributed by atoms with Gasteiger partial charge in [0.2, 0.25) is 11.8 Å². The Morgan fingerprint density at radius 1 is 1.16 bits per heavy atom. The molecule has 0 bridgehead atoms. The normalized spacial score (nSPS) is 15.6. The summed E-state index contributed by atoms with van der Waals surface area (Å²) >= 11 is 6.80. The lowest BCUT2D eigenvalue weighted by atomic mass is 10.2. The maximum atomic E-state index is 13.2. The first-order valence-electron chi connectivity index (χ1n) is 10.1. The fourth-order valence-electron chi connectivity index (χ4n) is 3.75. The standard InChI is InChI=1S/C22H22Br2N2O4S/c1-13-2-5-18(17(24)10-13)25-20(27)7-9-31(29,30)19-12-16(23)11-15-6-8-26(21(15)19)22(28)14-3-4-14/h2,5,10-12,14H,3-4,6-9H2,1H3,(H,25,27). The van der Waals surface area contributed by atoms with Gasteiger partial charge in [-0.3, -0.25) is 9.59 Å². The van der Waals surface area contributed by atoms with E-state index in [9.17, 15) is 18.0 Å². The topological polar surface area (TPSA) is 83.6 Å². The van der Waals surface area contributed by atoms with Gasteiger partial charge in [0, 0.05) is 27.8 Å². The maximum absolute atomic E-state index is 13.2. The molecule has 4 rings (SSSR count). The summed E-state index contributed by atoms with van der Waals surface area (Å²) in [6.07, 6.45) is 2.16. The van der Waals surface area contributed by atoms with Gasteiger partial charge in [-0.05, 0) is 77.5 Å². The molecule has 1 aliphatic heterocycles. The molecule has 2 aliphatic rings. The van der Waals surface area contributed by atoms with Crippen molar-refractivity contribution in [2.24, 2.45) is 5.92 Å².